The molecule has 0 saturated carbocycles. The lowest BCUT2D eigenvalue weighted by molar-refractivity contribution is -0.121. The van der Waals surface area contributed by atoms with Crippen molar-refractivity contribution >= 4 is 34.7 Å². The molecule has 1 unspecified atom stereocenters. The Kier molecular flexibility index (Phi) is 4.82. The fourth-order valence-corrected chi connectivity index (χ4v) is 4.92. The highest BCUT2D eigenvalue weighted by atomic mass is 32.2. The van der Waals surface area contributed by atoms with E-state index in [-0.39, 0.29) is 16.7 Å². The maximum Gasteiger partial charge on any atom is 0.293 e. The van der Waals surface area contributed by atoms with Gasteiger partial charge < -0.3 is 9.64 Å². The Balaban J connectivity index is 2.11. The molecule has 0 bridgehead atoms. The number of fused-ring (bicyclic) bond motifs is 1. The Morgan fingerprint density at radius 3 is 2.58 bits per heavy atom. The number of hydrogen-bond acceptors (Lipinski definition) is 5. The standard InChI is InChI=1S/C20H26N2O3S/c1-7-22-15-10-16(25-6)13(8-14(15)12(2)11-20(22,3)4)9-17-18(23)21(5)19(24)26-17/h8-10,12H,7,11H2,1-6H3/b17-9-. The van der Waals surface area contributed by atoms with Gasteiger partial charge in [0.05, 0.1) is 12.0 Å². The number of ether oxygens (including phenoxy) is 1. The highest BCUT2D eigenvalue weighted by molar-refractivity contribution is 8.18. The van der Waals surface area contributed by atoms with Crippen LogP contribution in [0, 0.1) is 0 Å². The number of carbonyl (C=O) groups is 2. The van der Waals surface area contributed by atoms with Gasteiger partial charge in [-0.1, -0.05) is 6.92 Å². The SMILES string of the molecule is CCN1c2cc(OC)c(/C=C3\SC(=O)N(C)C3=O)cc2C(C)CC1(C)C. The second kappa shape index (κ2) is 6.65. The minimum atomic E-state index is -0.260. The predicted octanol–water partition coefficient (Wildman–Crippen LogP) is 4.47. The Labute approximate surface area is 159 Å². The average Bonchev–Trinajstić information content (AvgIpc) is 2.81. The number of carbonyl (C=O) groups excluding carboxylic acids is 2. The fraction of sp³-hybridized carbons (Fsp3) is 0.500. The number of anilines is 1. The van der Waals surface area contributed by atoms with Crippen molar-refractivity contribution in [3.8, 4) is 5.75 Å². The molecule has 2 aliphatic heterocycles. The van der Waals surface area contributed by atoms with E-state index in [4.69, 9.17) is 4.74 Å². The first-order chi connectivity index (χ1) is 12.2. The topological polar surface area (TPSA) is 49.9 Å². The van der Waals surface area contributed by atoms with E-state index in [0.717, 1.165) is 40.9 Å². The monoisotopic (exact) mass is 374 g/mol. The van der Waals surface area contributed by atoms with Gasteiger partial charge in [-0.25, -0.2) is 0 Å². The molecule has 0 aromatic heterocycles. The van der Waals surface area contributed by atoms with E-state index in [0.29, 0.717) is 10.8 Å². The number of rotatable bonds is 3. The van der Waals surface area contributed by atoms with E-state index in [1.807, 2.05) is 0 Å². The molecule has 26 heavy (non-hydrogen) atoms. The van der Waals surface area contributed by atoms with Gasteiger partial charge in [0.2, 0.25) is 0 Å². The van der Waals surface area contributed by atoms with E-state index in [2.05, 4.69) is 44.7 Å². The van der Waals surface area contributed by atoms with E-state index < -0.39 is 0 Å². The fourth-order valence-electron chi connectivity index (χ4n) is 4.10. The van der Waals surface area contributed by atoms with Gasteiger partial charge >= 0.3 is 0 Å². The molecule has 2 aliphatic rings. The highest BCUT2D eigenvalue weighted by Gasteiger charge is 2.37. The van der Waals surface area contributed by atoms with Crippen LogP contribution in [0.1, 0.15) is 51.2 Å². The summed E-state index contributed by atoms with van der Waals surface area (Å²) in [5.74, 6) is 0.862. The molecule has 6 heteroatoms. The minimum absolute atomic E-state index is 0.0819. The van der Waals surface area contributed by atoms with Crippen LogP contribution < -0.4 is 9.64 Å². The van der Waals surface area contributed by atoms with Gasteiger partial charge in [0.15, 0.2) is 0 Å². The van der Waals surface area contributed by atoms with Crippen LogP contribution in [0.3, 0.4) is 0 Å². The smallest absolute Gasteiger partial charge is 0.293 e. The molecule has 1 saturated heterocycles. The summed E-state index contributed by atoms with van der Waals surface area (Å²) in [6, 6.07) is 4.18. The maximum atomic E-state index is 12.2. The van der Waals surface area contributed by atoms with Gasteiger partial charge in [-0.3, -0.25) is 14.5 Å². The number of nitrogens with zero attached hydrogens (tertiary/aromatic N) is 2. The molecule has 1 atom stereocenters. The van der Waals surface area contributed by atoms with E-state index in [1.54, 1.807) is 13.2 Å². The maximum absolute atomic E-state index is 12.2. The lowest BCUT2D eigenvalue weighted by Crippen LogP contribution is -2.48. The van der Waals surface area contributed by atoms with Crippen molar-refractivity contribution in [3.05, 3.63) is 28.2 Å². The number of imide groups is 1. The summed E-state index contributed by atoms with van der Waals surface area (Å²) in [5, 5.41) is -0.245. The van der Waals surface area contributed by atoms with Crippen LogP contribution in [0.4, 0.5) is 10.5 Å². The quantitative estimate of drug-likeness (QED) is 0.731. The van der Waals surface area contributed by atoms with E-state index >= 15 is 0 Å². The summed E-state index contributed by atoms with van der Waals surface area (Å²) >= 11 is 0.971. The van der Waals surface area contributed by atoms with Crippen LogP contribution in [-0.2, 0) is 4.79 Å². The predicted molar refractivity (Wildman–Crippen MR) is 107 cm³/mol. The molecular formula is C20H26N2O3S. The third-order valence-corrected chi connectivity index (χ3v) is 6.29. The number of likely N-dealkylation sites (N-methyl/N-ethyl adjacent to an activating group) is 1. The first-order valence-electron chi connectivity index (χ1n) is 8.90. The molecule has 0 N–H and O–H groups in total. The van der Waals surface area contributed by atoms with Gasteiger partial charge in [0.25, 0.3) is 11.1 Å². The summed E-state index contributed by atoms with van der Waals surface area (Å²) in [6.07, 6.45) is 2.83. The molecule has 0 aliphatic carbocycles. The molecule has 1 aromatic rings. The first kappa shape index (κ1) is 18.8. The summed E-state index contributed by atoms with van der Waals surface area (Å²) in [6.45, 7) is 9.87. The van der Waals surface area contributed by atoms with Gasteiger partial charge in [-0.05, 0) is 62.6 Å². The van der Waals surface area contributed by atoms with Crippen LogP contribution in [0.2, 0.25) is 0 Å². The van der Waals surface area contributed by atoms with Gasteiger partial charge in [0, 0.05) is 36.4 Å². The second-order valence-corrected chi connectivity index (χ2v) is 8.55. The van der Waals surface area contributed by atoms with Crippen molar-refractivity contribution in [1.29, 1.82) is 0 Å². The molecule has 0 radical (unpaired) electrons. The van der Waals surface area contributed by atoms with Gasteiger partial charge in [-0.15, -0.1) is 0 Å². The van der Waals surface area contributed by atoms with Crippen molar-refractivity contribution in [1.82, 2.24) is 4.90 Å². The highest BCUT2D eigenvalue weighted by Crippen LogP contribution is 2.46. The molecule has 3 rings (SSSR count). The number of thioether (sulfide) groups is 1. The third-order valence-electron chi connectivity index (χ3n) is 5.33. The molecule has 0 spiro atoms. The normalized spacial score (nSPS) is 23.6. The lowest BCUT2D eigenvalue weighted by Gasteiger charge is -2.47. The van der Waals surface area contributed by atoms with Gasteiger partial charge in [0.1, 0.15) is 5.75 Å². The molecule has 140 valence electrons. The molecule has 2 amide bonds. The second-order valence-electron chi connectivity index (χ2n) is 7.56. The van der Waals surface area contributed by atoms with Crippen LogP contribution in [-0.4, -0.2) is 42.3 Å². The molecular weight excluding hydrogens is 348 g/mol. The number of amides is 2. The van der Waals surface area contributed by atoms with Crippen molar-refractivity contribution in [3.63, 3.8) is 0 Å². The third kappa shape index (κ3) is 3.00. The average molecular weight is 375 g/mol. The Bertz CT molecular complexity index is 800. The first-order valence-corrected chi connectivity index (χ1v) is 9.72. The lowest BCUT2D eigenvalue weighted by atomic mass is 9.79. The zero-order valence-corrected chi connectivity index (χ0v) is 17.1. The zero-order valence-electron chi connectivity index (χ0n) is 16.3. The van der Waals surface area contributed by atoms with Crippen molar-refractivity contribution in [2.45, 2.75) is 45.6 Å². The Hall–Kier alpha value is -1.95. The van der Waals surface area contributed by atoms with E-state index in [1.165, 1.54) is 18.3 Å². The van der Waals surface area contributed by atoms with Crippen molar-refractivity contribution in [2.75, 3.05) is 25.6 Å². The number of methoxy groups -OCH3 is 1. The largest absolute Gasteiger partial charge is 0.496 e. The summed E-state index contributed by atoms with van der Waals surface area (Å²) in [4.78, 5) is 28.0. The zero-order chi connectivity index (χ0) is 19.2. The Morgan fingerprint density at radius 1 is 1.35 bits per heavy atom. The van der Waals surface area contributed by atoms with Crippen LogP contribution in [0.5, 0.6) is 5.75 Å². The van der Waals surface area contributed by atoms with Crippen molar-refractivity contribution in [2.24, 2.45) is 0 Å². The van der Waals surface area contributed by atoms with Gasteiger partial charge in [-0.2, -0.15) is 0 Å². The van der Waals surface area contributed by atoms with Crippen LogP contribution in [0.25, 0.3) is 6.08 Å². The summed E-state index contributed by atoms with van der Waals surface area (Å²) < 4.78 is 5.62. The summed E-state index contributed by atoms with van der Waals surface area (Å²) in [7, 11) is 3.14. The molecule has 5 nitrogen and oxygen atoms in total. The molecule has 2 heterocycles. The molecule has 1 fully saturated rings. The minimum Gasteiger partial charge on any atom is -0.496 e. The Morgan fingerprint density at radius 2 is 2.04 bits per heavy atom. The number of hydrogen-bond donors (Lipinski definition) is 0. The summed E-state index contributed by atoms with van der Waals surface area (Å²) in [5.41, 5.74) is 3.37. The van der Waals surface area contributed by atoms with Crippen molar-refractivity contribution < 1.29 is 14.3 Å². The van der Waals surface area contributed by atoms with Crippen LogP contribution in [0.15, 0.2) is 17.0 Å². The van der Waals surface area contributed by atoms with E-state index in [9.17, 15) is 9.59 Å². The molecule has 1 aromatic carbocycles. The number of benzene rings is 1. The van der Waals surface area contributed by atoms with Crippen LogP contribution >= 0.6 is 11.8 Å².